The Kier molecular flexibility index (Phi) is 2.36. The van der Waals surface area contributed by atoms with E-state index in [4.69, 9.17) is 0 Å². The van der Waals surface area contributed by atoms with Gasteiger partial charge in [-0.1, -0.05) is 12.2 Å². The lowest BCUT2D eigenvalue weighted by molar-refractivity contribution is -0.136. The van der Waals surface area contributed by atoms with Crippen LogP contribution in [0.4, 0.5) is 0 Å². The maximum absolute atomic E-state index is 11.8. The first-order valence-electron chi connectivity index (χ1n) is 4.91. The Hall–Kier alpha value is -0.830. The van der Waals surface area contributed by atoms with Crippen LogP contribution in [0.5, 0.6) is 0 Å². The number of likely N-dealkylation sites (N-methyl/N-ethyl adjacent to an activating group) is 1. The summed E-state index contributed by atoms with van der Waals surface area (Å²) >= 11 is 0. The summed E-state index contributed by atoms with van der Waals surface area (Å²) in [4.78, 5) is 13.7. The first-order valence-corrected chi connectivity index (χ1v) is 4.91. The van der Waals surface area contributed by atoms with Crippen molar-refractivity contribution in [1.29, 1.82) is 0 Å². The van der Waals surface area contributed by atoms with Crippen molar-refractivity contribution >= 4 is 5.91 Å². The molecule has 13 heavy (non-hydrogen) atoms. The van der Waals surface area contributed by atoms with Gasteiger partial charge in [-0.15, -0.1) is 0 Å². The Bertz CT molecular complexity index is 225. The van der Waals surface area contributed by atoms with Gasteiger partial charge in [-0.3, -0.25) is 4.79 Å². The average Bonchev–Trinajstić information content (AvgIpc) is 2.51. The molecule has 1 fully saturated rings. The van der Waals surface area contributed by atoms with E-state index < -0.39 is 0 Å². The maximum Gasteiger partial charge on any atom is 0.226 e. The van der Waals surface area contributed by atoms with E-state index in [9.17, 15) is 4.79 Å². The molecule has 0 unspecified atom stereocenters. The van der Waals surface area contributed by atoms with Crippen LogP contribution in [0.3, 0.4) is 0 Å². The summed E-state index contributed by atoms with van der Waals surface area (Å²) in [6.45, 7) is 1.92. The third kappa shape index (κ3) is 1.61. The molecule has 1 N–H and O–H groups in total. The molecule has 2 rings (SSSR count). The van der Waals surface area contributed by atoms with E-state index in [2.05, 4.69) is 17.5 Å². The van der Waals surface area contributed by atoms with E-state index in [1.54, 1.807) is 0 Å². The van der Waals surface area contributed by atoms with Crippen molar-refractivity contribution in [1.82, 2.24) is 10.2 Å². The van der Waals surface area contributed by atoms with Crippen molar-refractivity contribution in [2.75, 3.05) is 20.1 Å². The second-order valence-corrected chi connectivity index (χ2v) is 3.90. The van der Waals surface area contributed by atoms with Crippen molar-refractivity contribution in [2.24, 2.45) is 5.92 Å². The second-order valence-electron chi connectivity index (χ2n) is 3.90. The van der Waals surface area contributed by atoms with E-state index in [0.29, 0.717) is 11.9 Å². The third-order valence-electron chi connectivity index (χ3n) is 3.01. The molecular formula is C10H16N2O. The average molecular weight is 180 g/mol. The maximum atomic E-state index is 11.8. The topological polar surface area (TPSA) is 32.3 Å². The summed E-state index contributed by atoms with van der Waals surface area (Å²) in [5.41, 5.74) is 0. The highest BCUT2D eigenvalue weighted by atomic mass is 16.2. The summed E-state index contributed by atoms with van der Waals surface area (Å²) in [5, 5.41) is 3.18. The van der Waals surface area contributed by atoms with Gasteiger partial charge in [0.15, 0.2) is 0 Å². The predicted molar refractivity (Wildman–Crippen MR) is 51.3 cm³/mol. The number of hydrogen-bond acceptors (Lipinski definition) is 2. The van der Waals surface area contributed by atoms with Crippen LogP contribution < -0.4 is 5.32 Å². The number of amides is 1. The Morgan fingerprint density at radius 2 is 2.00 bits per heavy atom. The van der Waals surface area contributed by atoms with Crippen molar-refractivity contribution in [2.45, 2.75) is 18.9 Å². The predicted octanol–water partition coefficient (Wildman–Crippen LogP) is 0.383. The van der Waals surface area contributed by atoms with E-state index in [0.717, 1.165) is 25.9 Å². The SMILES string of the molecule is CN(C(=O)C1CC=CC1)C1CNC1. The minimum absolute atomic E-state index is 0.227. The van der Waals surface area contributed by atoms with E-state index >= 15 is 0 Å². The lowest BCUT2D eigenvalue weighted by atomic mass is 10.0. The van der Waals surface area contributed by atoms with Gasteiger partial charge in [0, 0.05) is 26.1 Å². The Balaban J connectivity index is 1.87. The Morgan fingerprint density at radius 1 is 1.38 bits per heavy atom. The third-order valence-corrected chi connectivity index (χ3v) is 3.01. The molecule has 3 heteroatoms. The molecule has 1 saturated heterocycles. The number of hydrogen-bond donors (Lipinski definition) is 1. The monoisotopic (exact) mass is 180 g/mol. The highest BCUT2D eigenvalue weighted by Gasteiger charge is 2.29. The fourth-order valence-corrected chi connectivity index (χ4v) is 1.83. The number of carbonyl (C=O) groups excluding carboxylic acids is 1. The van der Waals surface area contributed by atoms with E-state index in [-0.39, 0.29) is 5.92 Å². The molecule has 0 aromatic rings. The van der Waals surface area contributed by atoms with Crippen LogP contribution in [0.15, 0.2) is 12.2 Å². The van der Waals surface area contributed by atoms with Crippen molar-refractivity contribution in [3.05, 3.63) is 12.2 Å². The molecule has 0 aromatic carbocycles. The van der Waals surface area contributed by atoms with Gasteiger partial charge in [-0.25, -0.2) is 0 Å². The molecule has 0 radical (unpaired) electrons. The van der Waals surface area contributed by atoms with Crippen LogP contribution in [0, 0.1) is 5.92 Å². The standard InChI is InChI=1S/C10H16N2O/c1-12(9-6-11-7-9)10(13)8-4-2-3-5-8/h2-3,8-9,11H,4-7H2,1H3. The molecule has 0 saturated carbocycles. The highest BCUT2D eigenvalue weighted by Crippen LogP contribution is 2.21. The van der Waals surface area contributed by atoms with Gasteiger partial charge in [-0.05, 0) is 12.8 Å². The lowest BCUT2D eigenvalue weighted by Gasteiger charge is -2.36. The lowest BCUT2D eigenvalue weighted by Crippen LogP contribution is -2.58. The van der Waals surface area contributed by atoms with Gasteiger partial charge in [0.2, 0.25) is 5.91 Å². The first kappa shape index (κ1) is 8.75. The fraction of sp³-hybridized carbons (Fsp3) is 0.700. The Labute approximate surface area is 78.8 Å². The molecule has 2 aliphatic rings. The van der Waals surface area contributed by atoms with Crippen LogP contribution in [0.25, 0.3) is 0 Å². The van der Waals surface area contributed by atoms with Crippen molar-refractivity contribution in [3.63, 3.8) is 0 Å². The number of nitrogens with zero attached hydrogens (tertiary/aromatic N) is 1. The number of nitrogens with one attached hydrogen (secondary N) is 1. The molecule has 1 amide bonds. The van der Waals surface area contributed by atoms with E-state index in [1.807, 2.05) is 11.9 Å². The zero-order valence-corrected chi connectivity index (χ0v) is 7.99. The Morgan fingerprint density at radius 3 is 2.46 bits per heavy atom. The number of carbonyl (C=O) groups is 1. The molecule has 0 bridgehead atoms. The molecule has 3 nitrogen and oxygen atoms in total. The summed E-state index contributed by atoms with van der Waals surface area (Å²) in [7, 11) is 1.92. The van der Waals surface area contributed by atoms with Gasteiger partial charge in [-0.2, -0.15) is 0 Å². The molecule has 1 heterocycles. The van der Waals surface area contributed by atoms with Gasteiger partial charge >= 0.3 is 0 Å². The zero-order valence-electron chi connectivity index (χ0n) is 7.99. The zero-order chi connectivity index (χ0) is 9.26. The quantitative estimate of drug-likeness (QED) is 0.623. The molecule has 72 valence electrons. The van der Waals surface area contributed by atoms with Crippen LogP contribution in [0.2, 0.25) is 0 Å². The number of rotatable bonds is 2. The van der Waals surface area contributed by atoms with E-state index in [1.165, 1.54) is 0 Å². The van der Waals surface area contributed by atoms with Gasteiger partial charge in [0.05, 0.1) is 6.04 Å². The minimum atomic E-state index is 0.227. The molecule has 0 atom stereocenters. The summed E-state index contributed by atoms with van der Waals surface area (Å²) in [6, 6.07) is 0.438. The largest absolute Gasteiger partial charge is 0.340 e. The molecule has 1 aliphatic carbocycles. The highest BCUT2D eigenvalue weighted by molar-refractivity contribution is 5.79. The van der Waals surface area contributed by atoms with Crippen LogP contribution in [0.1, 0.15) is 12.8 Å². The molecule has 1 aliphatic heterocycles. The summed E-state index contributed by atoms with van der Waals surface area (Å²) in [5.74, 6) is 0.544. The fourth-order valence-electron chi connectivity index (χ4n) is 1.83. The molecule has 0 aromatic heterocycles. The van der Waals surface area contributed by atoms with Crippen LogP contribution in [-0.2, 0) is 4.79 Å². The second kappa shape index (κ2) is 3.50. The smallest absolute Gasteiger partial charge is 0.226 e. The van der Waals surface area contributed by atoms with Crippen LogP contribution in [-0.4, -0.2) is 37.0 Å². The first-order chi connectivity index (χ1) is 6.29. The summed E-state index contributed by atoms with van der Waals surface area (Å²) in [6.07, 6.45) is 6.08. The molecule has 0 spiro atoms. The van der Waals surface area contributed by atoms with Gasteiger partial charge in [0.1, 0.15) is 0 Å². The minimum Gasteiger partial charge on any atom is -0.340 e. The summed E-state index contributed by atoms with van der Waals surface area (Å²) < 4.78 is 0. The van der Waals surface area contributed by atoms with Gasteiger partial charge < -0.3 is 10.2 Å². The number of allylic oxidation sites excluding steroid dienone is 2. The van der Waals surface area contributed by atoms with Crippen LogP contribution >= 0.6 is 0 Å². The van der Waals surface area contributed by atoms with Crippen molar-refractivity contribution in [3.8, 4) is 0 Å². The normalized spacial score (nSPS) is 23.2. The molecular weight excluding hydrogens is 164 g/mol. The van der Waals surface area contributed by atoms with Gasteiger partial charge in [0.25, 0.3) is 0 Å². The van der Waals surface area contributed by atoms with Crippen molar-refractivity contribution < 1.29 is 4.79 Å².